The van der Waals surface area contributed by atoms with Crippen molar-refractivity contribution in [1.82, 2.24) is 9.78 Å². The Morgan fingerprint density at radius 2 is 2.00 bits per heavy atom. The maximum Gasteiger partial charge on any atom is 0.392 e. The molecule has 0 aliphatic carbocycles. The zero-order valence-electron chi connectivity index (χ0n) is 18.5. The number of halogens is 3. The molecule has 0 spiro atoms. The Balaban J connectivity index is 1.53. The Kier molecular flexibility index (Phi) is 6.46. The summed E-state index contributed by atoms with van der Waals surface area (Å²) in [6.45, 7) is 1.66. The van der Waals surface area contributed by atoms with E-state index >= 15 is 0 Å². The molecule has 1 atom stereocenters. The largest absolute Gasteiger partial charge is 0.493 e. The molecule has 3 aromatic rings. The van der Waals surface area contributed by atoms with Crippen molar-refractivity contribution < 1.29 is 27.5 Å². The Bertz CT molecular complexity index is 1290. The Morgan fingerprint density at radius 1 is 1.26 bits per heavy atom. The van der Waals surface area contributed by atoms with Gasteiger partial charge in [-0.25, -0.2) is 0 Å². The number of nitrogens with zero attached hydrogens (tertiary/aromatic N) is 4. The Hall–Kier alpha value is -4.33. The first-order valence-electron chi connectivity index (χ1n) is 10.7. The van der Waals surface area contributed by atoms with Crippen molar-refractivity contribution in [2.45, 2.75) is 32.1 Å². The summed E-state index contributed by atoms with van der Waals surface area (Å²) in [5, 5.41) is 15.9. The van der Waals surface area contributed by atoms with Crippen LogP contribution < -0.4 is 15.0 Å². The van der Waals surface area contributed by atoms with Crippen LogP contribution in [0, 0.1) is 11.3 Å². The SMILES string of the molecule is CC1Cn2ncc(C(=O)Nc3cccc(C#N)c3)c2C(=O)N1c1ccc(OCCC(F)(F)F)cc1. The van der Waals surface area contributed by atoms with Crippen molar-refractivity contribution in [3.05, 3.63) is 71.5 Å². The number of rotatable bonds is 6. The number of nitrogens with one attached hydrogen (secondary N) is 1. The van der Waals surface area contributed by atoms with E-state index in [-0.39, 0.29) is 23.0 Å². The predicted octanol–water partition coefficient (Wildman–Crippen LogP) is 4.39. The molecule has 1 N–H and O–H groups in total. The number of ether oxygens (including phenoxy) is 1. The lowest BCUT2D eigenvalue weighted by Crippen LogP contribution is -2.47. The smallest absolute Gasteiger partial charge is 0.392 e. The normalized spacial score (nSPS) is 15.3. The van der Waals surface area contributed by atoms with Crippen LogP contribution in [0.4, 0.5) is 24.5 Å². The standard InChI is InChI=1S/C24H20F3N5O3/c1-15-14-31-21(20(13-29-31)22(33)30-17-4-2-3-16(11-17)12-28)23(34)32(15)18-5-7-19(8-6-18)35-10-9-24(25,26)27/h2-8,11,13,15H,9-10,14H2,1H3,(H,30,33). The second-order valence-electron chi connectivity index (χ2n) is 7.97. The molecular formula is C24H20F3N5O3. The molecule has 8 nitrogen and oxygen atoms in total. The molecule has 180 valence electrons. The molecule has 0 bridgehead atoms. The first kappa shape index (κ1) is 23.8. The molecule has 11 heteroatoms. The van der Waals surface area contributed by atoms with Gasteiger partial charge in [0.25, 0.3) is 11.8 Å². The quantitative estimate of drug-likeness (QED) is 0.561. The van der Waals surface area contributed by atoms with Gasteiger partial charge in [-0.3, -0.25) is 14.3 Å². The van der Waals surface area contributed by atoms with E-state index < -0.39 is 31.0 Å². The summed E-state index contributed by atoms with van der Waals surface area (Å²) in [5.74, 6) is -0.736. The minimum Gasteiger partial charge on any atom is -0.493 e. The van der Waals surface area contributed by atoms with E-state index in [9.17, 15) is 22.8 Å². The van der Waals surface area contributed by atoms with Gasteiger partial charge < -0.3 is 15.0 Å². The van der Waals surface area contributed by atoms with Gasteiger partial charge in [0.2, 0.25) is 0 Å². The summed E-state index contributed by atoms with van der Waals surface area (Å²) in [5.41, 5.74) is 1.49. The van der Waals surface area contributed by atoms with E-state index in [1.165, 1.54) is 34.0 Å². The van der Waals surface area contributed by atoms with Crippen LogP contribution in [0.3, 0.4) is 0 Å². The van der Waals surface area contributed by atoms with E-state index in [0.29, 0.717) is 23.5 Å². The Labute approximate surface area is 198 Å². The molecule has 1 aliphatic heterocycles. The number of anilines is 2. The molecule has 2 heterocycles. The average molecular weight is 483 g/mol. The maximum absolute atomic E-state index is 13.4. The molecule has 35 heavy (non-hydrogen) atoms. The van der Waals surface area contributed by atoms with Gasteiger partial charge in [-0.15, -0.1) is 0 Å². The van der Waals surface area contributed by atoms with Gasteiger partial charge >= 0.3 is 6.18 Å². The number of amides is 2. The number of alkyl halides is 3. The minimum atomic E-state index is -4.30. The summed E-state index contributed by atoms with van der Waals surface area (Å²) in [6.07, 6.45) is -4.04. The third-order valence-corrected chi connectivity index (χ3v) is 5.40. The highest BCUT2D eigenvalue weighted by Gasteiger charge is 2.36. The second-order valence-corrected chi connectivity index (χ2v) is 7.97. The lowest BCUT2D eigenvalue weighted by atomic mass is 10.1. The van der Waals surface area contributed by atoms with Crippen molar-refractivity contribution in [3.8, 4) is 11.8 Å². The number of carbonyl (C=O) groups is 2. The number of hydrogen-bond donors (Lipinski definition) is 1. The van der Waals surface area contributed by atoms with Gasteiger partial charge in [0.05, 0.1) is 49.0 Å². The Morgan fingerprint density at radius 3 is 2.69 bits per heavy atom. The molecule has 1 aliphatic rings. The van der Waals surface area contributed by atoms with Crippen molar-refractivity contribution >= 4 is 23.2 Å². The van der Waals surface area contributed by atoms with Crippen LogP contribution in [0.5, 0.6) is 5.75 Å². The third kappa shape index (κ3) is 5.27. The number of aromatic nitrogens is 2. The minimum absolute atomic E-state index is 0.0846. The predicted molar refractivity (Wildman–Crippen MR) is 120 cm³/mol. The highest BCUT2D eigenvalue weighted by atomic mass is 19.4. The number of carbonyl (C=O) groups excluding carboxylic acids is 2. The molecule has 0 saturated carbocycles. The molecule has 1 unspecified atom stereocenters. The number of benzene rings is 2. The van der Waals surface area contributed by atoms with Crippen LogP contribution in [0.2, 0.25) is 0 Å². The molecule has 2 amide bonds. The van der Waals surface area contributed by atoms with E-state index in [2.05, 4.69) is 10.4 Å². The molecule has 2 aromatic carbocycles. The molecule has 0 fully saturated rings. The zero-order valence-corrected chi connectivity index (χ0v) is 18.5. The van der Waals surface area contributed by atoms with Gasteiger partial charge in [0.1, 0.15) is 11.4 Å². The van der Waals surface area contributed by atoms with Crippen LogP contribution in [-0.2, 0) is 6.54 Å². The summed E-state index contributed by atoms with van der Waals surface area (Å²) in [6, 6.07) is 14.2. The van der Waals surface area contributed by atoms with Crippen molar-refractivity contribution in [1.29, 1.82) is 5.26 Å². The highest BCUT2D eigenvalue weighted by Crippen LogP contribution is 2.29. The van der Waals surface area contributed by atoms with Crippen LogP contribution in [0.1, 0.15) is 39.8 Å². The van der Waals surface area contributed by atoms with Crippen molar-refractivity contribution in [2.75, 3.05) is 16.8 Å². The number of hydrogen-bond acceptors (Lipinski definition) is 5. The first-order chi connectivity index (χ1) is 16.7. The third-order valence-electron chi connectivity index (χ3n) is 5.40. The van der Waals surface area contributed by atoms with Crippen molar-refractivity contribution in [2.24, 2.45) is 0 Å². The van der Waals surface area contributed by atoms with E-state index in [4.69, 9.17) is 10.00 Å². The fraction of sp³-hybridized carbons (Fsp3) is 0.250. The monoisotopic (exact) mass is 483 g/mol. The van der Waals surface area contributed by atoms with E-state index in [1.54, 1.807) is 30.3 Å². The van der Waals surface area contributed by atoms with Crippen molar-refractivity contribution in [3.63, 3.8) is 0 Å². The molecule has 0 saturated heterocycles. The summed E-state index contributed by atoms with van der Waals surface area (Å²) in [7, 11) is 0. The fourth-order valence-electron chi connectivity index (χ4n) is 3.79. The first-order valence-corrected chi connectivity index (χ1v) is 10.7. The number of nitriles is 1. The summed E-state index contributed by atoms with van der Waals surface area (Å²) < 4.78 is 43.6. The van der Waals surface area contributed by atoms with Gasteiger partial charge in [0.15, 0.2) is 0 Å². The zero-order chi connectivity index (χ0) is 25.2. The lowest BCUT2D eigenvalue weighted by molar-refractivity contribution is -0.139. The van der Waals surface area contributed by atoms with Crippen LogP contribution >= 0.6 is 0 Å². The van der Waals surface area contributed by atoms with Crippen LogP contribution in [-0.4, -0.2) is 40.4 Å². The van der Waals surface area contributed by atoms with Gasteiger partial charge in [-0.2, -0.15) is 23.5 Å². The number of fused-ring (bicyclic) bond motifs is 1. The summed E-state index contributed by atoms with van der Waals surface area (Å²) in [4.78, 5) is 27.8. The van der Waals surface area contributed by atoms with E-state index in [0.717, 1.165) is 0 Å². The molecule has 0 radical (unpaired) electrons. The topological polar surface area (TPSA) is 100 Å². The summed E-state index contributed by atoms with van der Waals surface area (Å²) >= 11 is 0. The molecular weight excluding hydrogens is 463 g/mol. The van der Waals surface area contributed by atoms with Gasteiger partial charge in [-0.1, -0.05) is 6.07 Å². The highest BCUT2D eigenvalue weighted by molar-refractivity contribution is 6.15. The van der Waals surface area contributed by atoms with Crippen LogP contribution in [0.15, 0.2) is 54.7 Å². The van der Waals surface area contributed by atoms with Crippen LogP contribution in [0.25, 0.3) is 0 Å². The molecule has 4 rings (SSSR count). The maximum atomic E-state index is 13.4. The second kappa shape index (κ2) is 9.50. The lowest BCUT2D eigenvalue weighted by Gasteiger charge is -2.34. The van der Waals surface area contributed by atoms with E-state index in [1.807, 2.05) is 13.0 Å². The van der Waals surface area contributed by atoms with Gasteiger partial charge in [0, 0.05) is 11.4 Å². The fourth-order valence-corrected chi connectivity index (χ4v) is 3.79. The van der Waals surface area contributed by atoms with Gasteiger partial charge in [-0.05, 0) is 49.4 Å². The molecule has 1 aromatic heterocycles. The average Bonchev–Trinajstić information content (AvgIpc) is 3.23.